The molecule has 28 heavy (non-hydrogen) atoms. The number of allylic oxidation sites excluding steroid dienone is 1. The van der Waals surface area contributed by atoms with Crippen LogP contribution in [-0.2, 0) is 11.3 Å². The number of thioether (sulfide) groups is 1. The van der Waals surface area contributed by atoms with Crippen LogP contribution in [0.4, 0.5) is 0 Å². The lowest BCUT2D eigenvalue weighted by Crippen LogP contribution is -2.27. The van der Waals surface area contributed by atoms with Crippen LogP contribution in [0.3, 0.4) is 0 Å². The van der Waals surface area contributed by atoms with E-state index in [9.17, 15) is 9.59 Å². The Morgan fingerprint density at radius 3 is 2.86 bits per heavy atom. The van der Waals surface area contributed by atoms with E-state index in [0.717, 1.165) is 23.3 Å². The van der Waals surface area contributed by atoms with Crippen molar-refractivity contribution >= 4 is 39.2 Å². The number of thiophene rings is 1. The van der Waals surface area contributed by atoms with Gasteiger partial charge in [-0.1, -0.05) is 61.5 Å². The first-order valence-corrected chi connectivity index (χ1v) is 11.0. The molecule has 0 spiro atoms. The maximum absolute atomic E-state index is 13.0. The smallest absolute Gasteiger partial charge is 0.263 e. The van der Waals surface area contributed by atoms with E-state index in [0.29, 0.717) is 28.5 Å². The van der Waals surface area contributed by atoms with Crippen LogP contribution in [0.2, 0.25) is 0 Å². The van der Waals surface area contributed by atoms with E-state index in [4.69, 9.17) is 0 Å². The number of fused-ring (bicyclic) bond motifs is 1. The number of hydrogen-bond acceptors (Lipinski definition) is 5. The van der Waals surface area contributed by atoms with Crippen molar-refractivity contribution in [2.75, 3.05) is 12.3 Å². The van der Waals surface area contributed by atoms with Crippen molar-refractivity contribution in [3.05, 3.63) is 59.4 Å². The first kappa shape index (κ1) is 20.4. The lowest BCUT2D eigenvalue weighted by molar-refractivity contribution is -0.118. The molecule has 7 heteroatoms. The van der Waals surface area contributed by atoms with E-state index in [1.807, 2.05) is 36.4 Å². The van der Waals surface area contributed by atoms with Gasteiger partial charge < -0.3 is 5.32 Å². The zero-order valence-electron chi connectivity index (χ0n) is 15.8. The van der Waals surface area contributed by atoms with Crippen molar-refractivity contribution in [3.8, 4) is 10.4 Å². The molecule has 1 N–H and O–H groups in total. The number of carbonyl (C=O) groups is 1. The van der Waals surface area contributed by atoms with Crippen LogP contribution in [0.1, 0.15) is 19.8 Å². The van der Waals surface area contributed by atoms with Gasteiger partial charge in [-0.05, 0) is 18.1 Å². The van der Waals surface area contributed by atoms with Gasteiger partial charge in [0.25, 0.3) is 5.56 Å². The quantitative estimate of drug-likeness (QED) is 0.246. The van der Waals surface area contributed by atoms with Gasteiger partial charge in [0, 0.05) is 18.0 Å². The fourth-order valence-corrected chi connectivity index (χ4v) is 4.64. The van der Waals surface area contributed by atoms with Crippen LogP contribution in [0.15, 0.2) is 59.0 Å². The highest BCUT2D eigenvalue weighted by Gasteiger charge is 2.15. The van der Waals surface area contributed by atoms with Crippen molar-refractivity contribution < 1.29 is 4.79 Å². The molecule has 2 aromatic heterocycles. The minimum Gasteiger partial charge on any atom is -0.355 e. The van der Waals surface area contributed by atoms with E-state index < -0.39 is 0 Å². The van der Waals surface area contributed by atoms with E-state index >= 15 is 0 Å². The molecule has 5 nitrogen and oxygen atoms in total. The van der Waals surface area contributed by atoms with Crippen LogP contribution in [-0.4, -0.2) is 27.8 Å². The number of benzene rings is 1. The fraction of sp³-hybridized carbons (Fsp3) is 0.286. The van der Waals surface area contributed by atoms with Crippen LogP contribution in [0.5, 0.6) is 0 Å². The Balaban J connectivity index is 1.90. The van der Waals surface area contributed by atoms with E-state index in [1.165, 1.54) is 23.1 Å². The molecule has 0 bridgehead atoms. The summed E-state index contributed by atoms with van der Waals surface area (Å²) in [6.07, 6.45) is 3.66. The molecule has 0 fully saturated rings. The van der Waals surface area contributed by atoms with Crippen LogP contribution in [0.25, 0.3) is 20.7 Å². The highest BCUT2D eigenvalue weighted by Crippen LogP contribution is 2.32. The van der Waals surface area contributed by atoms with Crippen molar-refractivity contribution in [1.82, 2.24) is 14.9 Å². The molecule has 0 aliphatic rings. The lowest BCUT2D eigenvalue weighted by atomic mass is 10.2. The molecule has 0 atom stereocenters. The standard InChI is InChI=1S/C21H23N3O2S2/c1-3-5-11-22-18(25)14-27-21-23-19-16(20(26)24(21)12-4-2)13-17(28-19)15-9-7-6-8-10-15/h4,6-10,13H,2-3,5,11-12,14H2,1H3,(H,22,25). The summed E-state index contributed by atoms with van der Waals surface area (Å²) in [5.41, 5.74) is 0.960. The Morgan fingerprint density at radius 1 is 1.36 bits per heavy atom. The molecule has 1 aromatic carbocycles. The Bertz CT molecular complexity index is 1030. The summed E-state index contributed by atoms with van der Waals surface area (Å²) in [5.74, 6) is 0.185. The minimum absolute atomic E-state index is 0.0471. The molecular weight excluding hydrogens is 390 g/mol. The molecular formula is C21H23N3O2S2. The zero-order valence-corrected chi connectivity index (χ0v) is 17.4. The maximum atomic E-state index is 13.0. The average Bonchev–Trinajstić information content (AvgIpc) is 3.14. The second-order valence-corrected chi connectivity index (χ2v) is 8.26. The van der Waals surface area contributed by atoms with Crippen molar-refractivity contribution in [2.45, 2.75) is 31.5 Å². The monoisotopic (exact) mass is 413 g/mol. The molecule has 0 saturated carbocycles. The number of aromatic nitrogens is 2. The third kappa shape index (κ3) is 4.72. The van der Waals surface area contributed by atoms with Gasteiger partial charge in [-0.15, -0.1) is 17.9 Å². The average molecular weight is 414 g/mol. The number of nitrogens with one attached hydrogen (secondary N) is 1. The molecule has 1 amide bonds. The number of carbonyl (C=O) groups excluding carboxylic acids is 1. The summed E-state index contributed by atoms with van der Waals surface area (Å²) >= 11 is 2.78. The summed E-state index contributed by atoms with van der Waals surface area (Å²) in [5, 5.41) is 4.04. The number of nitrogens with zero attached hydrogens (tertiary/aromatic N) is 2. The van der Waals surface area contributed by atoms with Crippen LogP contribution in [0, 0.1) is 0 Å². The number of rotatable bonds is 9. The van der Waals surface area contributed by atoms with Gasteiger partial charge in [0.2, 0.25) is 5.91 Å². The molecule has 0 radical (unpaired) electrons. The van der Waals surface area contributed by atoms with E-state index in [-0.39, 0.29) is 17.2 Å². The van der Waals surface area contributed by atoms with E-state index in [2.05, 4.69) is 23.8 Å². The summed E-state index contributed by atoms with van der Waals surface area (Å²) in [6, 6.07) is 11.8. The second kappa shape index (κ2) is 9.71. The van der Waals surface area contributed by atoms with Gasteiger partial charge in [-0.25, -0.2) is 4.98 Å². The van der Waals surface area contributed by atoms with Gasteiger partial charge in [0.1, 0.15) is 4.83 Å². The Labute approximate surface area is 172 Å². The zero-order chi connectivity index (χ0) is 19.9. The normalized spacial score (nSPS) is 10.9. The highest BCUT2D eigenvalue weighted by molar-refractivity contribution is 7.99. The molecule has 3 rings (SSSR count). The molecule has 0 saturated heterocycles. The lowest BCUT2D eigenvalue weighted by Gasteiger charge is -2.10. The van der Waals surface area contributed by atoms with Gasteiger partial charge in [0.05, 0.1) is 11.1 Å². The SMILES string of the molecule is C=CCn1c(SCC(=O)NCCCC)nc2sc(-c3ccccc3)cc2c1=O. The highest BCUT2D eigenvalue weighted by atomic mass is 32.2. The molecule has 0 aliphatic heterocycles. The number of hydrogen-bond donors (Lipinski definition) is 1. The van der Waals surface area contributed by atoms with Crippen molar-refractivity contribution in [1.29, 1.82) is 0 Å². The van der Waals surface area contributed by atoms with Gasteiger partial charge in [0.15, 0.2) is 5.16 Å². The van der Waals surface area contributed by atoms with Gasteiger partial charge in [-0.2, -0.15) is 0 Å². The van der Waals surface area contributed by atoms with Gasteiger partial charge in [-0.3, -0.25) is 14.2 Å². The molecule has 0 aliphatic carbocycles. The van der Waals surface area contributed by atoms with Crippen LogP contribution < -0.4 is 10.9 Å². The van der Waals surface area contributed by atoms with E-state index in [1.54, 1.807) is 10.6 Å². The second-order valence-electron chi connectivity index (χ2n) is 6.29. The molecule has 2 heterocycles. The Morgan fingerprint density at radius 2 is 2.14 bits per heavy atom. The minimum atomic E-state index is -0.0998. The predicted molar refractivity (Wildman–Crippen MR) is 118 cm³/mol. The number of amides is 1. The number of unbranched alkanes of at least 4 members (excludes halogenated alkanes) is 1. The maximum Gasteiger partial charge on any atom is 0.263 e. The first-order valence-electron chi connectivity index (χ1n) is 9.24. The molecule has 3 aromatic rings. The first-order chi connectivity index (χ1) is 13.6. The summed E-state index contributed by atoms with van der Waals surface area (Å²) in [7, 11) is 0. The summed E-state index contributed by atoms with van der Waals surface area (Å²) in [6.45, 7) is 6.86. The largest absolute Gasteiger partial charge is 0.355 e. The molecule has 0 unspecified atom stereocenters. The summed E-state index contributed by atoms with van der Waals surface area (Å²) < 4.78 is 1.58. The van der Waals surface area contributed by atoms with Crippen molar-refractivity contribution in [2.24, 2.45) is 0 Å². The Kier molecular flexibility index (Phi) is 7.06. The van der Waals surface area contributed by atoms with Gasteiger partial charge >= 0.3 is 0 Å². The van der Waals surface area contributed by atoms with Crippen LogP contribution >= 0.6 is 23.1 Å². The third-order valence-electron chi connectivity index (χ3n) is 4.17. The fourth-order valence-electron chi connectivity index (χ4n) is 2.73. The van der Waals surface area contributed by atoms with Crippen molar-refractivity contribution in [3.63, 3.8) is 0 Å². The Hall–Kier alpha value is -2.38. The summed E-state index contributed by atoms with van der Waals surface area (Å²) in [4.78, 5) is 31.4. The topological polar surface area (TPSA) is 64.0 Å². The molecule has 146 valence electrons. The predicted octanol–water partition coefficient (Wildman–Crippen LogP) is 4.32. The third-order valence-corrected chi connectivity index (χ3v) is 6.23.